The fraction of sp³-hybridized carbons (Fsp3) is 0.385. The van der Waals surface area contributed by atoms with E-state index in [1.807, 2.05) is 0 Å². The van der Waals surface area contributed by atoms with Crippen molar-refractivity contribution >= 4 is 17.0 Å². The van der Waals surface area contributed by atoms with E-state index in [1.165, 1.54) is 18.2 Å². The Balaban J connectivity index is 2.04. The molecule has 188 valence electrons. The number of halogens is 3. The summed E-state index contributed by atoms with van der Waals surface area (Å²) in [7, 11) is 0. The first-order valence-corrected chi connectivity index (χ1v) is 11.2. The van der Waals surface area contributed by atoms with Crippen LogP contribution in [0.3, 0.4) is 0 Å². The lowest BCUT2D eigenvalue weighted by Crippen LogP contribution is -2.37. The number of carbonyl (C=O) groups is 1. The van der Waals surface area contributed by atoms with Crippen LogP contribution >= 0.6 is 0 Å². The molecule has 0 radical (unpaired) electrons. The summed E-state index contributed by atoms with van der Waals surface area (Å²) in [5.41, 5.74) is -0.972. The van der Waals surface area contributed by atoms with Gasteiger partial charge in [-0.2, -0.15) is 13.2 Å². The number of hydrogen-bond donors (Lipinski definition) is 1. The van der Waals surface area contributed by atoms with Crippen molar-refractivity contribution in [3.8, 4) is 11.6 Å². The number of ether oxygens (including phenoxy) is 3. The molecule has 0 saturated carbocycles. The van der Waals surface area contributed by atoms with E-state index < -0.39 is 41.3 Å². The number of fused-ring (bicyclic) bond motifs is 1. The summed E-state index contributed by atoms with van der Waals surface area (Å²) in [6.45, 7) is 8.20. The van der Waals surface area contributed by atoms with E-state index in [-0.39, 0.29) is 23.4 Å². The molecule has 0 aliphatic heterocycles. The number of benzene rings is 2. The molecule has 0 bridgehead atoms. The average molecular weight is 491 g/mol. The van der Waals surface area contributed by atoms with Gasteiger partial charge in [-0.05, 0) is 46.2 Å². The standard InChI is InChI=1S/C26H29F3N2O4/c1-16(2)34-23-22(21(26(27,28)29)18-13-9-10-14-19(18)30-23)33-15-20(17-11-7-6-8-12-17)31-24(32)35-25(3,4)5/h6-14,16,20H,15H2,1-5H3,(H,31,32). The predicted molar refractivity (Wildman–Crippen MR) is 127 cm³/mol. The molecule has 1 atom stereocenters. The summed E-state index contributed by atoms with van der Waals surface area (Å²) in [5, 5.41) is 2.58. The molecular formula is C26H29F3N2O4. The molecule has 3 rings (SSSR count). The van der Waals surface area contributed by atoms with Crippen molar-refractivity contribution in [2.75, 3.05) is 6.61 Å². The van der Waals surface area contributed by atoms with Crippen LogP contribution in [0.4, 0.5) is 18.0 Å². The summed E-state index contributed by atoms with van der Waals surface area (Å²) in [6, 6.07) is 13.9. The van der Waals surface area contributed by atoms with Gasteiger partial charge < -0.3 is 19.5 Å². The molecule has 0 fully saturated rings. The summed E-state index contributed by atoms with van der Waals surface area (Å²) < 4.78 is 59.6. The highest BCUT2D eigenvalue weighted by molar-refractivity contribution is 5.86. The van der Waals surface area contributed by atoms with E-state index in [1.54, 1.807) is 71.0 Å². The molecule has 0 aliphatic rings. The normalized spacial score (nSPS) is 12.9. The number of nitrogens with one attached hydrogen (secondary N) is 1. The van der Waals surface area contributed by atoms with Gasteiger partial charge in [0.25, 0.3) is 5.88 Å². The third-order valence-corrected chi connectivity index (χ3v) is 4.73. The Morgan fingerprint density at radius 2 is 1.63 bits per heavy atom. The zero-order valence-corrected chi connectivity index (χ0v) is 20.3. The molecule has 0 saturated heterocycles. The summed E-state index contributed by atoms with van der Waals surface area (Å²) in [6.07, 6.45) is -5.91. The fourth-order valence-electron chi connectivity index (χ4n) is 3.41. The van der Waals surface area contributed by atoms with E-state index in [2.05, 4.69) is 10.3 Å². The zero-order valence-electron chi connectivity index (χ0n) is 20.3. The van der Waals surface area contributed by atoms with Gasteiger partial charge in [-0.1, -0.05) is 48.5 Å². The van der Waals surface area contributed by atoms with Crippen LogP contribution in [0.15, 0.2) is 54.6 Å². The molecule has 1 aromatic heterocycles. The maximum atomic E-state index is 14.3. The summed E-state index contributed by atoms with van der Waals surface area (Å²) in [5.74, 6) is -0.799. The second-order valence-electron chi connectivity index (χ2n) is 9.22. The van der Waals surface area contributed by atoms with Crippen LogP contribution in [0.25, 0.3) is 10.9 Å². The van der Waals surface area contributed by atoms with E-state index in [0.29, 0.717) is 5.56 Å². The van der Waals surface area contributed by atoms with E-state index in [0.717, 1.165) is 0 Å². The summed E-state index contributed by atoms with van der Waals surface area (Å²) in [4.78, 5) is 16.8. The van der Waals surface area contributed by atoms with Gasteiger partial charge in [-0.3, -0.25) is 0 Å². The Hall–Kier alpha value is -3.49. The maximum Gasteiger partial charge on any atom is 0.420 e. The number of carbonyl (C=O) groups excluding carboxylic acids is 1. The van der Waals surface area contributed by atoms with Crippen LogP contribution < -0.4 is 14.8 Å². The lowest BCUT2D eigenvalue weighted by molar-refractivity contribution is -0.137. The molecule has 2 aromatic carbocycles. The van der Waals surface area contributed by atoms with Crippen LogP contribution in [0.5, 0.6) is 11.6 Å². The lowest BCUT2D eigenvalue weighted by atomic mass is 10.1. The molecule has 1 amide bonds. The second-order valence-corrected chi connectivity index (χ2v) is 9.22. The van der Waals surface area contributed by atoms with Crippen LogP contribution in [0, 0.1) is 0 Å². The number of para-hydroxylation sites is 1. The number of pyridine rings is 1. The number of aromatic nitrogens is 1. The second kappa shape index (κ2) is 10.4. The van der Waals surface area contributed by atoms with Crippen molar-refractivity contribution in [1.29, 1.82) is 0 Å². The summed E-state index contributed by atoms with van der Waals surface area (Å²) >= 11 is 0. The SMILES string of the molecule is CC(C)Oc1nc2ccccc2c(C(F)(F)F)c1OCC(NC(=O)OC(C)(C)C)c1ccccc1. The van der Waals surface area contributed by atoms with Crippen molar-refractivity contribution in [3.63, 3.8) is 0 Å². The number of amides is 1. The van der Waals surface area contributed by atoms with Gasteiger partial charge in [0.15, 0.2) is 5.75 Å². The molecule has 35 heavy (non-hydrogen) atoms. The Kier molecular flexibility index (Phi) is 7.77. The third-order valence-electron chi connectivity index (χ3n) is 4.73. The average Bonchev–Trinajstić information content (AvgIpc) is 2.74. The number of hydrogen-bond acceptors (Lipinski definition) is 5. The molecule has 1 unspecified atom stereocenters. The van der Waals surface area contributed by atoms with Crippen molar-refractivity contribution in [3.05, 3.63) is 65.7 Å². The molecule has 0 aliphatic carbocycles. The highest BCUT2D eigenvalue weighted by atomic mass is 19.4. The molecule has 1 heterocycles. The highest BCUT2D eigenvalue weighted by Crippen LogP contribution is 2.45. The van der Waals surface area contributed by atoms with Crippen LogP contribution in [-0.4, -0.2) is 29.4 Å². The first-order chi connectivity index (χ1) is 16.3. The molecule has 6 nitrogen and oxygen atoms in total. The van der Waals surface area contributed by atoms with Crippen molar-refractivity contribution in [2.45, 2.75) is 58.5 Å². The van der Waals surface area contributed by atoms with Crippen LogP contribution in [0.2, 0.25) is 0 Å². The van der Waals surface area contributed by atoms with Gasteiger partial charge in [0.1, 0.15) is 17.8 Å². The molecule has 0 spiro atoms. The van der Waals surface area contributed by atoms with E-state index >= 15 is 0 Å². The number of rotatable bonds is 7. The maximum absolute atomic E-state index is 14.3. The predicted octanol–water partition coefficient (Wildman–Crippen LogP) is 6.69. The lowest BCUT2D eigenvalue weighted by Gasteiger charge is -2.25. The van der Waals surface area contributed by atoms with E-state index in [4.69, 9.17) is 14.2 Å². The van der Waals surface area contributed by atoms with E-state index in [9.17, 15) is 18.0 Å². The first kappa shape index (κ1) is 26.1. The monoisotopic (exact) mass is 490 g/mol. The van der Waals surface area contributed by atoms with Gasteiger partial charge in [-0.15, -0.1) is 0 Å². The van der Waals surface area contributed by atoms with Gasteiger partial charge in [-0.25, -0.2) is 9.78 Å². The minimum atomic E-state index is -4.74. The third kappa shape index (κ3) is 7.00. The smallest absolute Gasteiger partial charge is 0.420 e. The minimum absolute atomic E-state index is 0.109. The van der Waals surface area contributed by atoms with Crippen molar-refractivity contribution < 1.29 is 32.2 Å². The topological polar surface area (TPSA) is 69.7 Å². The van der Waals surface area contributed by atoms with Crippen molar-refractivity contribution in [2.24, 2.45) is 0 Å². The quantitative estimate of drug-likeness (QED) is 0.400. The Morgan fingerprint density at radius 1 is 1.00 bits per heavy atom. The number of alkyl halides is 3. The Bertz CT molecular complexity index is 1160. The fourth-order valence-corrected chi connectivity index (χ4v) is 3.41. The minimum Gasteiger partial charge on any atom is -0.485 e. The van der Waals surface area contributed by atoms with Gasteiger partial charge in [0.2, 0.25) is 0 Å². The van der Waals surface area contributed by atoms with Gasteiger partial charge >= 0.3 is 12.3 Å². The van der Waals surface area contributed by atoms with Gasteiger partial charge in [0, 0.05) is 5.39 Å². The van der Waals surface area contributed by atoms with Crippen LogP contribution in [-0.2, 0) is 10.9 Å². The molecular weight excluding hydrogens is 461 g/mol. The number of alkyl carbamates (subject to hydrolysis) is 1. The van der Waals surface area contributed by atoms with Crippen LogP contribution in [0.1, 0.15) is 51.8 Å². The largest absolute Gasteiger partial charge is 0.485 e. The zero-order chi connectivity index (χ0) is 25.8. The first-order valence-electron chi connectivity index (χ1n) is 11.2. The molecule has 3 aromatic rings. The highest BCUT2D eigenvalue weighted by Gasteiger charge is 2.39. The van der Waals surface area contributed by atoms with Crippen molar-refractivity contribution in [1.82, 2.24) is 10.3 Å². The molecule has 9 heteroatoms. The molecule has 1 N–H and O–H groups in total. The Labute approximate surface area is 202 Å². The number of nitrogens with zero attached hydrogens (tertiary/aromatic N) is 1. The van der Waals surface area contributed by atoms with Gasteiger partial charge in [0.05, 0.1) is 17.7 Å². The Morgan fingerprint density at radius 3 is 2.23 bits per heavy atom.